The van der Waals surface area contributed by atoms with Crippen molar-refractivity contribution in [3.8, 4) is 0 Å². The van der Waals surface area contributed by atoms with E-state index in [1.165, 1.54) is 12.1 Å². The van der Waals surface area contributed by atoms with Crippen molar-refractivity contribution in [2.45, 2.75) is 18.2 Å². The Balaban J connectivity index is 2.73. The van der Waals surface area contributed by atoms with Crippen molar-refractivity contribution in [2.24, 2.45) is 0 Å². The maximum Gasteiger partial charge on any atom is 0.257 e. The Morgan fingerprint density at radius 3 is 2.40 bits per heavy atom. The smallest absolute Gasteiger partial charge is 0.257 e. The van der Waals surface area contributed by atoms with Crippen LogP contribution >= 0.6 is 0 Å². The molecule has 5 nitrogen and oxygen atoms in total. The molecule has 0 fully saturated rings. The summed E-state index contributed by atoms with van der Waals surface area (Å²) in [6.07, 6.45) is 0.220. The van der Waals surface area contributed by atoms with Gasteiger partial charge in [-0.25, -0.2) is 8.42 Å². The summed E-state index contributed by atoms with van der Waals surface area (Å²) in [5, 5.41) is 0. The normalized spacial score (nSPS) is 11.0. The highest BCUT2D eigenvalue weighted by Gasteiger charge is 2.13. The fourth-order valence-electron chi connectivity index (χ4n) is 0.871. The first-order chi connectivity index (χ1) is 7.06. The SMILES string of the molecule is CCC(=O)NNS(=O)(=O)c1ccccc1. The van der Waals surface area contributed by atoms with Crippen molar-refractivity contribution < 1.29 is 13.2 Å². The molecule has 2 N–H and O–H groups in total. The number of hydrogen-bond acceptors (Lipinski definition) is 3. The Bertz CT molecular complexity index is 428. The lowest BCUT2D eigenvalue weighted by Crippen LogP contribution is -2.41. The predicted octanol–water partition coefficient (Wildman–Crippen LogP) is 0.406. The summed E-state index contributed by atoms with van der Waals surface area (Å²) < 4.78 is 23.1. The standard InChI is InChI=1S/C9H12N2O3S/c1-2-9(12)10-11-15(13,14)8-6-4-3-5-7-8/h3-7,11H,2H2,1H3,(H,10,12). The molecule has 0 saturated heterocycles. The second kappa shape index (κ2) is 4.90. The summed E-state index contributed by atoms with van der Waals surface area (Å²) in [5.74, 6) is -0.380. The maximum atomic E-state index is 11.5. The average Bonchev–Trinajstić information content (AvgIpc) is 2.27. The van der Waals surface area contributed by atoms with E-state index in [2.05, 4.69) is 5.43 Å². The number of nitrogens with one attached hydrogen (secondary N) is 2. The third-order valence-electron chi connectivity index (χ3n) is 1.70. The molecule has 0 aliphatic rings. The average molecular weight is 228 g/mol. The summed E-state index contributed by atoms with van der Waals surface area (Å²) in [4.78, 5) is 13.0. The first-order valence-electron chi connectivity index (χ1n) is 4.42. The van der Waals surface area contributed by atoms with Gasteiger partial charge in [-0.3, -0.25) is 10.2 Å². The second-order valence-corrected chi connectivity index (χ2v) is 4.50. The molecule has 0 aromatic heterocycles. The molecule has 0 aliphatic heterocycles. The quantitative estimate of drug-likeness (QED) is 0.733. The largest absolute Gasteiger partial charge is 0.278 e. The molecule has 1 amide bonds. The zero-order chi connectivity index (χ0) is 11.3. The van der Waals surface area contributed by atoms with Crippen molar-refractivity contribution in [1.29, 1.82) is 0 Å². The third-order valence-corrected chi connectivity index (χ3v) is 2.96. The number of hydrazine groups is 1. The number of carbonyl (C=O) groups is 1. The third kappa shape index (κ3) is 3.34. The van der Waals surface area contributed by atoms with Crippen molar-refractivity contribution in [2.75, 3.05) is 0 Å². The van der Waals surface area contributed by atoms with Gasteiger partial charge in [-0.1, -0.05) is 25.1 Å². The molecular weight excluding hydrogens is 216 g/mol. The van der Waals surface area contributed by atoms with Gasteiger partial charge >= 0.3 is 0 Å². The van der Waals surface area contributed by atoms with E-state index in [0.29, 0.717) is 0 Å². The van der Waals surface area contributed by atoms with Gasteiger partial charge in [-0.2, -0.15) is 0 Å². The molecule has 1 rings (SSSR count). The lowest BCUT2D eigenvalue weighted by Gasteiger charge is -2.06. The molecule has 0 unspecified atom stereocenters. The van der Waals surface area contributed by atoms with E-state index in [9.17, 15) is 13.2 Å². The van der Waals surface area contributed by atoms with E-state index in [0.717, 1.165) is 0 Å². The molecule has 0 heterocycles. The Hall–Kier alpha value is -1.40. The monoisotopic (exact) mass is 228 g/mol. The molecule has 1 aromatic rings. The summed E-state index contributed by atoms with van der Waals surface area (Å²) >= 11 is 0. The van der Waals surface area contributed by atoms with Gasteiger partial charge in [0.15, 0.2) is 0 Å². The van der Waals surface area contributed by atoms with Crippen molar-refractivity contribution in [3.63, 3.8) is 0 Å². The Morgan fingerprint density at radius 1 is 1.27 bits per heavy atom. The van der Waals surface area contributed by atoms with Crippen LogP contribution in [0, 0.1) is 0 Å². The number of carbonyl (C=O) groups excluding carboxylic acids is 1. The number of rotatable bonds is 4. The summed E-state index contributed by atoms with van der Waals surface area (Å²) in [6.45, 7) is 1.63. The highest BCUT2D eigenvalue weighted by Crippen LogP contribution is 2.05. The van der Waals surface area contributed by atoms with Crippen LogP contribution in [0.5, 0.6) is 0 Å². The maximum absolute atomic E-state index is 11.5. The second-order valence-electron chi connectivity index (χ2n) is 2.82. The van der Waals surface area contributed by atoms with Gasteiger partial charge in [0.1, 0.15) is 0 Å². The minimum absolute atomic E-state index is 0.112. The van der Waals surface area contributed by atoms with E-state index >= 15 is 0 Å². The molecule has 82 valence electrons. The van der Waals surface area contributed by atoms with Crippen LogP contribution in [-0.4, -0.2) is 14.3 Å². The molecular formula is C9H12N2O3S. The molecule has 0 radical (unpaired) electrons. The van der Waals surface area contributed by atoms with Crippen LogP contribution in [0.25, 0.3) is 0 Å². The first-order valence-corrected chi connectivity index (χ1v) is 5.90. The van der Waals surface area contributed by atoms with E-state index in [-0.39, 0.29) is 17.2 Å². The molecule has 1 aromatic carbocycles. The number of hydrogen-bond donors (Lipinski definition) is 2. The molecule has 0 bridgehead atoms. The first kappa shape index (κ1) is 11.7. The summed E-state index contributed by atoms with van der Waals surface area (Å²) in [6, 6.07) is 7.82. The van der Waals surface area contributed by atoms with Gasteiger partial charge in [0.2, 0.25) is 5.91 Å². The molecule has 0 spiro atoms. The lowest BCUT2D eigenvalue weighted by molar-refractivity contribution is -0.121. The van der Waals surface area contributed by atoms with Gasteiger partial charge in [-0.05, 0) is 12.1 Å². The van der Waals surface area contributed by atoms with Crippen LogP contribution in [0.4, 0.5) is 0 Å². The minimum Gasteiger partial charge on any atom is -0.278 e. The lowest BCUT2D eigenvalue weighted by atomic mass is 10.4. The van der Waals surface area contributed by atoms with Crippen molar-refractivity contribution >= 4 is 15.9 Å². The topological polar surface area (TPSA) is 75.3 Å². The predicted molar refractivity (Wildman–Crippen MR) is 55.2 cm³/mol. The Kier molecular flexibility index (Phi) is 3.81. The van der Waals surface area contributed by atoms with E-state index in [1.54, 1.807) is 25.1 Å². The highest BCUT2D eigenvalue weighted by atomic mass is 32.2. The Morgan fingerprint density at radius 2 is 1.87 bits per heavy atom. The van der Waals surface area contributed by atoms with Gasteiger partial charge in [0.25, 0.3) is 10.0 Å². The van der Waals surface area contributed by atoms with Crippen LogP contribution in [0.15, 0.2) is 35.2 Å². The Labute approximate surface area is 88.5 Å². The highest BCUT2D eigenvalue weighted by molar-refractivity contribution is 7.89. The molecule has 6 heteroatoms. The minimum atomic E-state index is -3.65. The molecule has 0 saturated carbocycles. The van der Waals surface area contributed by atoms with Crippen LogP contribution in [0.2, 0.25) is 0 Å². The van der Waals surface area contributed by atoms with E-state index in [1.807, 2.05) is 4.83 Å². The zero-order valence-electron chi connectivity index (χ0n) is 8.23. The fourth-order valence-corrected chi connectivity index (χ4v) is 1.75. The number of amides is 1. The fraction of sp³-hybridized carbons (Fsp3) is 0.222. The molecule has 0 atom stereocenters. The zero-order valence-corrected chi connectivity index (χ0v) is 9.04. The summed E-state index contributed by atoms with van der Waals surface area (Å²) in [5.41, 5.74) is 2.09. The molecule has 15 heavy (non-hydrogen) atoms. The van der Waals surface area contributed by atoms with Crippen molar-refractivity contribution in [3.05, 3.63) is 30.3 Å². The van der Waals surface area contributed by atoms with Gasteiger partial charge in [-0.15, -0.1) is 4.83 Å². The van der Waals surface area contributed by atoms with Crippen LogP contribution in [0.1, 0.15) is 13.3 Å². The van der Waals surface area contributed by atoms with Gasteiger partial charge in [0, 0.05) is 6.42 Å². The van der Waals surface area contributed by atoms with E-state index in [4.69, 9.17) is 0 Å². The van der Waals surface area contributed by atoms with Crippen LogP contribution in [-0.2, 0) is 14.8 Å². The number of benzene rings is 1. The van der Waals surface area contributed by atoms with Gasteiger partial charge in [0.05, 0.1) is 4.90 Å². The van der Waals surface area contributed by atoms with Crippen LogP contribution < -0.4 is 10.3 Å². The number of sulfonamides is 1. The van der Waals surface area contributed by atoms with E-state index < -0.39 is 10.0 Å². The van der Waals surface area contributed by atoms with Gasteiger partial charge < -0.3 is 0 Å². The molecule has 0 aliphatic carbocycles. The van der Waals surface area contributed by atoms with Crippen molar-refractivity contribution in [1.82, 2.24) is 10.3 Å². The van der Waals surface area contributed by atoms with Crippen LogP contribution in [0.3, 0.4) is 0 Å². The summed E-state index contributed by atoms with van der Waals surface area (Å²) in [7, 11) is -3.65.